The fourth-order valence-corrected chi connectivity index (χ4v) is 2.39. The number of nitrogens with one attached hydrogen (secondary N) is 1. The zero-order valence-corrected chi connectivity index (χ0v) is 12.3. The molecule has 0 radical (unpaired) electrons. The zero-order chi connectivity index (χ0) is 14.0. The van der Waals surface area contributed by atoms with Crippen LogP contribution in [-0.4, -0.2) is 5.91 Å². The number of hydrogen-bond acceptors (Lipinski definition) is 1. The molecule has 1 N–H and O–H groups in total. The molecule has 0 fully saturated rings. The molecule has 2 rings (SSSR count). The number of rotatable bonds is 2. The van der Waals surface area contributed by atoms with E-state index in [0.717, 1.165) is 15.7 Å². The molecule has 2 nitrogen and oxygen atoms in total. The van der Waals surface area contributed by atoms with Crippen LogP contribution < -0.4 is 5.32 Å². The summed E-state index contributed by atoms with van der Waals surface area (Å²) in [5.74, 6) is -2.71. The first-order valence-corrected chi connectivity index (χ1v) is 6.65. The van der Waals surface area contributed by atoms with E-state index < -0.39 is 23.1 Å². The fraction of sp³-hybridized carbons (Fsp3) is 0. The second-order valence-corrected chi connectivity index (χ2v) is 5.33. The average Bonchev–Trinajstić information content (AvgIpc) is 2.32. The molecule has 2 aromatic rings. The molecule has 0 unspecified atom stereocenters. The van der Waals surface area contributed by atoms with Crippen molar-refractivity contribution in [2.45, 2.75) is 0 Å². The first-order valence-electron chi connectivity index (χ1n) is 5.19. The van der Waals surface area contributed by atoms with Crippen molar-refractivity contribution in [2.75, 3.05) is 5.32 Å². The van der Waals surface area contributed by atoms with E-state index in [0.29, 0.717) is 10.7 Å². The lowest BCUT2D eigenvalue weighted by atomic mass is 10.2. The molecule has 0 atom stereocenters. The molecular formula is C13H7ClF2INO. The van der Waals surface area contributed by atoms with Crippen LogP contribution in [0.4, 0.5) is 14.5 Å². The van der Waals surface area contributed by atoms with Gasteiger partial charge in [-0.3, -0.25) is 4.79 Å². The molecule has 0 saturated heterocycles. The van der Waals surface area contributed by atoms with Gasteiger partial charge >= 0.3 is 0 Å². The third-order valence-electron chi connectivity index (χ3n) is 2.37. The smallest absolute Gasteiger partial charge is 0.261 e. The van der Waals surface area contributed by atoms with Gasteiger partial charge in [-0.05, 0) is 52.9 Å². The van der Waals surface area contributed by atoms with Crippen molar-refractivity contribution in [3.05, 3.63) is 62.2 Å². The Morgan fingerprint density at radius 3 is 2.37 bits per heavy atom. The van der Waals surface area contributed by atoms with Gasteiger partial charge in [0.15, 0.2) is 0 Å². The molecule has 0 bridgehead atoms. The van der Waals surface area contributed by atoms with Crippen LogP contribution in [0.15, 0.2) is 36.4 Å². The summed E-state index contributed by atoms with van der Waals surface area (Å²) >= 11 is 7.99. The van der Waals surface area contributed by atoms with Crippen LogP contribution in [0.3, 0.4) is 0 Å². The van der Waals surface area contributed by atoms with Crippen molar-refractivity contribution in [3.8, 4) is 0 Å². The summed E-state index contributed by atoms with van der Waals surface area (Å²) in [5, 5.41) is 2.68. The lowest BCUT2D eigenvalue weighted by Crippen LogP contribution is -2.16. The lowest BCUT2D eigenvalue weighted by Gasteiger charge is -2.08. The molecule has 1 amide bonds. The van der Waals surface area contributed by atoms with Crippen molar-refractivity contribution in [1.29, 1.82) is 0 Å². The van der Waals surface area contributed by atoms with Gasteiger partial charge in [-0.15, -0.1) is 0 Å². The van der Waals surface area contributed by atoms with Crippen molar-refractivity contribution in [2.24, 2.45) is 0 Å². The van der Waals surface area contributed by atoms with Gasteiger partial charge < -0.3 is 5.32 Å². The highest BCUT2D eigenvalue weighted by atomic mass is 127. The molecule has 0 aromatic heterocycles. The van der Waals surface area contributed by atoms with Gasteiger partial charge in [0.2, 0.25) is 0 Å². The monoisotopic (exact) mass is 393 g/mol. The van der Waals surface area contributed by atoms with Crippen LogP contribution in [-0.2, 0) is 0 Å². The molecule has 0 aliphatic heterocycles. The third kappa shape index (κ3) is 3.22. The molecular weight excluding hydrogens is 387 g/mol. The summed E-state index contributed by atoms with van der Waals surface area (Å²) in [6.07, 6.45) is 0. The Labute approximate surface area is 126 Å². The van der Waals surface area contributed by atoms with E-state index in [1.807, 2.05) is 0 Å². The van der Waals surface area contributed by atoms with E-state index in [2.05, 4.69) is 27.9 Å². The maximum absolute atomic E-state index is 13.4. The maximum atomic E-state index is 13.4. The molecule has 2 aromatic carbocycles. The van der Waals surface area contributed by atoms with E-state index in [1.165, 1.54) is 6.07 Å². The first-order chi connectivity index (χ1) is 8.99. The van der Waals surface area contributed by atoms with E-state index in [9.17, 15) is 13.6 Å². The Kier molecular flexibility index (Phi) is 4.36. The molecule has 0 spiro atoms. The number of amides is 1. The topological polar surface area (TPSA) is 29.1 Å². The number of carbonyl (C=O) groups excluding carboxylic acids is 1. The van der Waals surface area contributed by atoms with Crippen molar-refractivity contribution < 1.29 is 13.6 Å². The van der Waals surface area contributed by atoms with Gasteiger partial charge in [-0.1, -0.05) is 17.7 Å². The van der Waals surface area contributed by atoms with Gasteiger partial charge in [0, 0.05) is 3.57 Å². The predicted molar refractivity (Wildman–Crippen MR) is 78.5 cm³/mol. The third-order valence-corrected chi connectivity index (χ3v) is 3.35. The van der Waals surface area contributed by atoms with Gasteiger partial charge in [0.25, 0.3) is 5.91 Å². The summed E-state index contributed by atoms with van der Waals surface area (Å²) < 4.78 is 27.8. The Bertz CT molecular complexity index is 628. The van der Waals surface area contributed by atoms with E-state index in [1.54, 1.807) is 18.2 Å². The minimum atomic E-state index is -0.917. The highest BCUT2D eigenvalue weighted by Gasteiger charge is 2.17. The van der Waals surface area contributed by atoms with Gasteiger partial charge in [-0.2, -0.15) is 0 Å². The average molecular weight is 394 g/mol. The first kappa shape index (κ1) is 14.2. The number of benzene rings is 2. The molecule has 0 heterocycles. The van der Waals surface area contributed by atoms with Crippen molar-refractivity contribution >= 4 is 45.8 Å². The minimum absolute atomic E-state index is 0.301. The quantitative estimate of drug-likeness (QED) is 0.749. The van der Waals surface area contributed by atoms with E-state index >= 15 is 0 Å². The van der Waals surface area contributed by atoms with Crippen molar-refractivity contribution in [1.82, 2.24) is 0 Å². The predicted octanol–water partition coefficient (Wildman–Crippen LogP) is 4.48. The number of hydrogen-bond donors (Lipinski definition) is 1. The summed E-state index contributed by atoms with van der Waals surface area (Å²) in [7, 11) is 0. The largest absolute Gasteiger partial charge is 0.320 e. The molecule has 6 heteroatoms. The van der Waals surface area contributed by atoms with Gasteiger partial charge in [0.1, 0.15) is 17.2 Å². The van der Waals surface area contributed by atoms with E-state index in [4.69, 9.17) is 11.6 Å². The maximum Gasteiger partial charge on any atom is 0.261 e. The van der Waals surface area contributed by atoms with Crippen LogP contribution in [0.1, 0.15) is 10.4 Å². The van der Waals surface area contributed by atoms with Crippen LogP contribution >= 0.6 is 34.2 Å². The molecule has 98 valence electrons. The standard InChI is InChI=1S/C13H7ClF2INO/c14-8-6-7(17)4-5-11(8)18-13(19)12-9(15)2-1-3-10(12)16/h1-6H,(H,18,19). The Balaban J connectivity index is 2.31. The number of halogens is 4. The number of anilines is 1. The van der Waals surface area contributed by atoms with Gasteiger partial charge in [0.05, 0.1) is 10.7 Å². The molecule has 0 saturated carbocycles. The Hall–Kier alpha value is -1.21. The summed E-state index contributed by atoms with van der Waals surface area (Å²) in [6.45, 7) is 0. The second kappa shape index (κ2) is 5.83. The van der Waals surface area contributed by atoms with Crippen LogP contribution in [0, 0.1) is 15.2 Å². The summed E-state index contributed by atoms with van der Waals surface area (Å²) in [5.41, 5.74) is -0.327. The highest BCUT2D eigenvalue weighted by molar-refractivity contribution is 14.1. The Morgan fingerprint density at radius 2 is 1.79 bits per heavy atom. The molecule has 0 aliphatic rings. The lowest BCUT2D eigenvalue weighted by molar-refractivity contribution is 0.101. The van der Waals surface area contributed by atoms with E-state index in [-0.39, 0.29) is 0 Å². The van der Waals surface area contributed by atoms with Crippen LogP contribution in [0.25, 0.3) is 0 Å². The Morgan fingerprint density at radius 1 is 1.16 bits per heavy atom. The van der Waals surface area contributed by atoms with Crippen LogP contribution in [0.2, 0.25) is 5.02 Å². The zero-order valence-electron chi connectivity index (χ0n) is 9.38. The minimum Gasteiger partial charge on any atom is -0.320 e. The second-order valence-electron chi connectivity index (χ2n) is 3.67. The van der Waals surface area contributed by atoms with Crippen molar-refractivity contribution in [3.63, 3.8) is 0 Å². The van der Waals surface area contributed by atoms with Gasteiger partial charge in [-0.25, -0.2) is 8.78 Å². The molecule has 19 heavy (non-hydrogen) atoms. The normalized spacial score (nSPS) is 10.3. The summed E-state index contributed by atoms with van der Waals surface area (Å²) in [4.78, 5) is 11.8. The number of carbonyl (C=O) groups is 1. The van der Waals surface area contributed by atoms with Crippen LogP contribution in [0.5, 0.6) is 0 Å². The molecule has 0 aliphatic carbocycles. The highest BCUT2D eigenvalue weighted by Crippen LogP contribution is 2.25. The SMILES string of the molecule is O=C(Nc1ccc(I)cc1Cl)c1c(F)cccc1F. The fourth-order valence-electron chi connectivity index (χ4n) is 1.49. The summed E-state index contributed by atoms with van der Waals surface area (Å²) in [6, 6.07) is 8.16.